The van der Waals surface area contributed by atoms with Gasteiger partial charge < -0.3 is 4.57 Å². The van der Waals surface area contributed by atoms with Gasteiger partial charge in [-0.3, -0.25) is 18.6 Å². The molecular weight excluding hydrogens is 971 g/mol. The number of aryl methyl sites for hydroxylation is 1. The van der Waals surface area contributed by atoms with Crippen molar-refractivity contribution in [3.63, 3.8) is 0 Å². The molecule has 5 aromatic heterocycles. The molecule has 5 nitrogen and oxygen atoms in total. The van der Waals surface area contributed by atoms with Crippen LogP contribution in [0.2, 0.25) is 0 Å². The van der Waals surface area contributed by atoms with E-state index in [1.54, 1.807) is 0 Å². The Morgan fingerprint density at radius 1 is 0.397 bits per heavy atom. The quantitative estimate of drug-likeness (QED) is 0.127. The first-order chi connectivity index (χ1) is 38.2. The summed E-state index contributed by atoms with van der Waals surface area (Å²) in [4.78, 5) is 28.1. The summed E-state index contributed by atoms with van der Waals surface area (Å²) in [6, 6.07) is 76.7. The fourth-order valence-electron chi connectivity index (χ4n) is 13.9. The third-order valence-corrected chi connectivity index (χ3v) is 18.8. The standard InChI is InChI=1S/C72H45N3O2S/c1-40-14-4-5-15-46(40)58-35-45(36-59-49-17-6-10-20-63(49)73(39-76)69(58)59)74-64-21-11-7-16-48(64)54-37-53-52-30-42(25-28-61(52)72(2,3)62(53)38-66(54)74)41-24-27-47-56-33-44(43-26-29-68-55(31-43)51-19-9-13-23-67(51)78-68)34-57-50-18-8-12-22-65(50)75(70(56)57)71(77)60(47)32-41/h4-39H,1-3H3. The number of aromatic nitrogens is 3. The van der Waals surface area contributed by atoms with Crippen LogP contribution in [0.4, 0.5) is 0 Å². The summed E-state index contributed by atoms with van der Waals surface area (Å²) in [5, 5.41) is 11.9. The molecule has 1 aliphatic carbocycles. The SMILES string of the molecule is Cc1ccccc1-c1cc(-n2c3ccccc3c3cc4c(cc32)C(C)(C)c2ccc(-c3ccc5c(c3)c(=O)n3c6ccccc6c6cc(-c7ccc8sc9ccccc9c8c7)cc5c63)cc2-4)cc2c3ccccc3n(C=O)c12. The van der Waals surface area contributed by atoms with Crippen molar-refractivity contribution in [1.82, 2.24) is 13.5 Å². The number of carbonyl (C=O) groups excluding carboxylic acids is 1. The normalized spacial score (nSPS) is 13.3. The van der Waals surface area contributed by atoms with Gasteiger partial charge in [0.2, 0.25) is 6.41 Å². The van der Waals surface area contributed by atoms with Gasteiger partial charge >= 0.3 is 0 Å². The molecule has 5 heterocycles. The molecule has 17 rings (SSSR count). The number of hydrogen-bond acceptors (Lipinski definition) is 3. The molecule has 0 atom stereocenters. The summed E-state index contributed by atoms with van der Waals surface area (Å²) >= 11 is 1.84. The lowest BCUT2D eigenvalue weighted by molar-refractivity contribution is 0.550. The van der Waals surface area contributed by atoms with Crippen LogP contribution in [-0.4, -0.2) is 19.9 Å². The highest BCUT2D eigenvalue weighted by Gasteiger charge is 2.37. The van der Waals surface area contributed by atoms with Crippen LogP contribution in [0.3, 0.4) is 0 Å². The van der Waals surface area contributed by atoms with E-state index in [-0.39, 0.29) is 11.0 Å². The Kier molecular flexibility index (Phi) is 8.67. The molecule has 0 fully saturated rings. The highest BCUT2D eigenvalue weighted by molar-refractivity contribution is 7.25. The van der Waals surface area contributed by atoms with Gasteiger partial charge in [0, 0.05) is 79.9 Å². The Morgan fingerprint density at radius 3 is 1.79 bits per heavy atom. The predicted molar refractivity (Wildman–Crippen MR) is 328 cm³/mol. The van der Waals surface area contributed by atoms with Crippen molar-refractivity contribution in [2.75, 3.05) is 0 Å². The third-order valence-electron chi connectivity index (χ3n) is 17.6. The molecule has 0 bridgehead atoms. The molecule has 0 N–H and O–H groups in total. The molecule has 0 spiro atoms. The molecule has 0 amide bonds. The van der Waals surface area contributed by atoms with Gasteiger partial charge in [0.1, 0.15) is 0 Å². The van der Waals surface area contributed by atoms with Gasteiger partial charge in [-0.05, 0) is 153 Å². The van der Waals surface area contributed by atoms with Crippen molar-refractivity contribution in [3.8, 4) is 50.2 Å². The second-order valence-electron chi connectivity index (χ2n) is 22.0. The maximum atomic E-state index is 15.1. The lowest BCUT2D eigenvalue weighted by Gasteiger charge is -2.22. The lowest BCUT2D eigenvalue weighted by atomic mass is 9.82. The molecule has 11 aromatic carbocycles. The van der Waals surface area contributed by atoms with Crippen LogP contribution in [0.1, 0.15) is 30.5 Å². The number of thiophene rings is 1. The molecule has 0 saturated carbocycles. The van der Waals surface area contributed by atoms with Crippen LogP contribution in [0.5, 0.6) is 0 Å². The van der Waals surface area contributed by atoms with E-state index in [2.05, 4.69) is 219 Å². The maximum absolute atomic E-state index is 15.1. The summed E-state index contributed by atoms with van der Waals surface area (Å²) in [6.07, 6.45) is 0.954. The van der Waals surface area contributed by atoms with E-state index >= 15 is 4.79 Å². The van der Waals surface area contributed by atoms with Gasteiger partial charge in [-0.1, -0.05) is 141 Å². The van der Waals surface area contributed by atoms with E-state index in [4.69, 9.17) is 0 Å². The van der Waals surface area contributed by atoms with Gasteiger partial charge in [0.15, 0.2) is 0 Å². The minimum Gasteiger partial charge on any atom is -0.309 e. The Bertz CT molecular complexity index is 5430. The monoisotopic (exact) mass is 1020 g/mol. The van der Waals surface area contributed by atoms with Gasteiger partial charge in [-0.25, -0.2) is 0 Å². The van der Waals surface area contributed by atoms with Crippen LogP contribution in [0.25, 0.3) is 152 Å². The molecule has 0 aliphatic heterocycles. The van der Waals surface area contributed by atoms with Gasteiger partial charge in [0.05, 0.1) is 33.1 Å². The maximum Gasteiger partial charge on any atom is 0.263 e. The van der Waals surface area contributed by atoms with E-state index in [1.807, 2.05) is 38.5 Å². The summed E-state index contributed by atoms with van der Waals surface area (Å²) in [5.74, 6) is 0. The summed E-state index contributed by atoms with van der Waals surface area (Å²) in [7, 11) is 0. The minimum absolute atomic E-state index is 0.00412. The average molecular weight is 1020 g/mol. The van der Waals surface area contributed by atoms with E-state index in [0.29, 0.717) is 5.39 Å². The van der Waals surface area contributed by atoms with Crippen LogP contribution >= 0.6 is 11.3 Å². The second-order valence-corrected chi connectivity index (χ2v) is 23.1. The number of carbonyl (C=O) groups is 1. The molecule has 6 heteroatoms. The van der Waals surface area contributed by atoms with Crippen LogP contribution in [0, 0.1) is 6.92 Å². The van der Waals surface area contributed by atoms with Crippen molar-refractivity contribution in [1.29, 1.82) is 0 Å². The Balaban J connectivity index is 0.847. The summed E-state index contributed by atoms with van der Waals surface area (Å²) in [6.45, 7) is 6.84. The molecule has 0 radical (unpaired) electrons. The van der Waals surface area contributed by atoms with E-state index in [0.717, 1.165) is 116 Å². The smallest absolute Gasteiger partial charge is 0.263 e. The molecule has 16 aromatic rings. The highest BCUT2D eigenvalue weighted by Crippen LogP contribution is 2.53. The second kappa shape index (κ2) is 15.5. The van der Waals surface area contributed by atoms with Crippen molar-refractivity contribution in [2.45, 2.75) is 26.2 Å². The largest absolute Gasteiger partial charge is 0.309 e. The fraction of sp³-hybridized carbons (Fsp3) is 0.0556. The zero-order valence-electron chi connectivity index (χ0n) is 42.9. The Hall–Kier alpha value is -9.62. The number of fused-ring (bicyclic) bond motifs is 17. The predicted octanol–water partition coefficient (Wildman–Crippen LogP) is 18.4. The van der Waals surface area contributed by atoms with Gasteiger partial charge in [-0.2, -0.15) is 0 Å². The van der Waals surface area contributed by atoms with E-state index in [9.17, 15) is 4.79 Å². The molecule has 0 unspecified atom stereocenters. The molecule has 0 saturated heterocycles. The summed E-state index contributed by atoms with van der Waals surface area (Å²) in [5.41, 5.74) is 19.3. The number of benzene rings is 11. The average Bonchev–Trinajstić information content (AvgIpc) is 4.27. The van der Waals surface area contributed by atoms with Crippen molar-refractivity contribution >= 4 is 119 Å². The molecule has 1 aliphatic rings. The first kappa shape index (κ1) is 43.6. The first-order valence-electron chi connectivity index (χ1n) is 26.7. The number of hydrogen-bond donors (Lipinski definition) is 0. The fourth-order valence-corrected chi connectivity index (χ4v) is 15.0. The van der Waals surface area contributed by atoms with E-state index in [1.165, 1.54) is 53.2 Å². The number of nitrogens with zero attached hydrogens (tertiary/aromatic N) is 3. The third kappa shape index (κ3) is 5.74. The van der Waals surface area contributed by atoms with Crippen molar-refractivity contribution in [2.24, 2.45) is 0 Å². The number of pyridine rings is 1. The minimum atomic E-state index is -0.304. The van der Waals surface area contributed by atoms with Crippen LogP contribution < -0.4 is 5.56 Å². The van der Waals surface area contributed by atoms with Gasteiger partial charge in [0.25, 0.3) is 5.56 Å². The van der Waals surface area contributed by atoms with Crippen molar-refractivity contribution in [3.05, 3.63) is 239 Å². The molecule has 78 heavy (non-hydrogen) atoms. The zero-order valence-corrected chi connectivity index (χ0v) is 43.7. The Labute approximate surface area is 451 Å². The Morgan fingerprint density at radius 2 is 0.987 bits per heavy atom. The topological polar surface area (TPSA) is 48.4 Å². The van der Waals surface area contributed by atoms with Crippen LogP contribution in [-0.2, 0) is 10.2 Å². The van der Waals surface area contributed by atoms with E-state index < -0.39 is 0 Å². The number of para-hydroxylation sites is 3. The van der Waals surface area contributed by atoms with Crippen molar-refractivity contribution < 1.29 is 4.79 Å². The van der Waals surface area contributed by atoms with Gasteiger partial charge in [-0.15, -0.1) is 11.3 Å². The molecular formula is C72H45N3O2S. The zero-order chi connectivity index (χ0) is 51.9. The lowest BCUT2D eigenvalue weighted by Crippen LogP contribution is -2.15. The molecule has 366 valence electrons. The first-order valence-corrected chi connectivity index (χ1v) is 27.5. The summed E-state index contributed by atoms with van der Waals surface area (Å²) < 4.78 is 8.78. The highest BCUT2D eigenvalue weighted by atomic mass is 32.1. The van der Waals surface area contributed by atoms with Crippen LogP contribution in [0.15, 0.2) is 217 Å². The number of rotatable bonds is 5.